The molecule has 0 aromatic rings. The lowest BCUT2D eigenvalue weighted by Gasteiger charge is -2.42. The van der Waals surface area contributed by atoms with Crippen LogP contribution in [0.15, 0.2) is 0 Å². The van der Waals surface area contributed by atoms with Gasteiger partial charge in [0, 0.05) is 0 Å². The molecule has 0 heterocycles. The third kappa shape index (κ3) is 0.891. The molecule has 68 valence electrons. The van der Waals surface area contributed by atoms with E-state index in [1.54, 1.807) is 0 Å². The molecule has 3 aliphatic carbocycles. The second kappa shape index (κ2) is 2.25. The third-order valence-electron chi connectivity index (χ3n) is 4.22. The van der Waals surface area contributed by atoms with Crippen LogP contribution in [-0.2, 0) is 0 Å². The quantitative estimate of drug-likeness (QED) is 0.682. The Bertz CT molecular complexity index is 175. The van der Waals surface area contributed by atoms with Gasteiger partial charge in [-0.25, -0.2) is 0 Å². The normalized spacial score (nSPS) is 31.8. The van der Waals surface area contributed by atoms with Crippen molar-refractivity contribution >= 4 is 0 Å². The Kier molecular flexibility index (Phi) is 1.39. The van der Waals surface area contributed by atoms with E-state index in [2.05, 4.69) is 0 Å². The minimum Gasteiger partial charge on any atom is -0.389 e. The second-order valence-electron chi connectivity index (χ2n) is 5.06. The van der Waals surface area contributed by atoms with Crippen LogP contribution in [0, 0.1) is 17.8 Å². The van der Waals surface area contributed by atoms with Crippen molar-refractivity contribution in [3.8, 4) is 0 Å². The molecule has 0 atom stereocenters. The zero-order chi connectivity index (χ0) is 8.18. The zero-order valence-corrected chi connectivity index (χ0v) is 7.63. The van der Waals surface area contributed by atoms with E-state index in [0.717, 1.165) is 0 Å². The standard InChI is InChI=1S/C11H18O/c12-11(9-4-5-9,10-6-7-10)8-2-1-3-8/h8-10,12H,1-7H2. The summed E-state index contributed by atoms with van der Waals surface area (Å²) in [5.41, 5.74) is -0.182. The van der Waals surface area contributed by atoms with Gasteiger partial charge < -0.3 is 5.11 Å². The Morgan fingerprint density at radius 1 is 0.750 bits per heavy atom. The van der Waals surface area contributed by atoms with Gasteiger partial charge in [-0.3, -0.25) is 0 Å². The summed E-state index contributed by atoms with van der Waals surface area (Å²) >= 11 is 0. The highest BCUT2D eigenvalue weighted by atomic mass is 16.3. The van der Waals surface area contributed by atoms with Crippen molar-refractivity contribution in [1.82, 2.24) is 0 Å². The number of aliphatic hydroxyl groups is 1. The predicted molar refractivity (Wildman–Crippen MR) is 47.7 cm³/mol. The largest absolute Gasteiger partial charge is 0.389 e. The fraction of sp³-hybridized carbons (Fsp3) is 1.00. The fourth-order valence-corrected chi connectivity index (χ4v) is 2.96. The van der Waals surface area contributed by atoms with E-state index in [1.165, 1.54) is 44.9 Å². The van der Waals surface area contributed by atoms with E-state index in [-0.39, 0.29) is 5.60 Å². The number of hydrogen-bond donors (Lipinski definition) is 1. The topological polar surface area (TPSA) is 20.2 Å². The summed E-state index contributed by atoms with van der Waals surface area (Å²) in [6, 6.07) is 0. The van der Waals surface area contributed by atoms with Crippen LogP contribution >= 0.6 is 0 Å². The van der Waals surface area contributed by atoms with Crippen molar-refractivity contribution in [1.29, 1.82) is 0 Å². The monoisotopic (exact) mass is 166 g/mol. The number of rotatable bonds is 3. The molecule has 12 heavy (non-hydrogen) atoms. The van der Waals surface area contributed by atoms with E-state index in [9.17, 15) is 5.11 Å². The van der Waals surface area contributed by atoms with Gasteiger partial charge in [-0.05, 0) is 56.3 Å². The number of hydrogen-bond acceptors (Lipinski definition) is 1. The SMILES string of the molecule is OC(C1CCC1)(C1CC1)C1CC1. The molecule has 0 saturated heterocycles. The van der Waals surface area contributed by atoms with Crippen LogP contribution in [0.2, 0.25) is 0 Å². The van der Waals surface area contributed by atoms with E-state index >= 15 is 0 Å². The molecule has 0 unspecified atom stereocenters. The molecule has 0 aromatic heterocycles. The van der Waals surface area contributed by atoms with Gasteiger partial charge in [0.15, 0.2) is 0 Å². The van der Waals surface area contributed by atoms with Crippen molar-refractivity contribution in [3.05, 3.63) is 0 Å². The minimum absolute atomic E-state index is 0.182. The van der Waals surface area contributed by atoms with Gasteiger partial charge in [-0.1, -0.05) is 6.42 Å². The molecule has 0 radical (unpaired) electrons. The first-order valence-corrected chi connectivity index (χ1v) is 5.54. The molecule has 1 nitrogen and oxygen atoms in total. The van der Waals surface area contributed by atoms with E-state index in [1.807, 2.05) is 0 Å². The molecular formula is C11H18O. The molecule has 1 heteroatoms. The van der Waals surface area contributed by atoms with Crippen LogP contribution in [0.25, 0.3) is 0 Å². The molecule has 0 aliphatic heterocycles. The summed E-state index contributed by atoms with van der Waals surface area (Å²) in [5.74, 6) is 2.10. The summed E-state index contributed by atoms with van der Waals surface area (Å²) < 4.78 is 0. The molecule has 3 aliphatic rings. The van der Waals surface area contributed by atoms with Crippen molar-refractivity contribution < 1.29 is 5.11 Å². The van der Waals surface area contributed by atoms with Crippen LogP contribution in [0.3, 0.4) is 0 Å². The van der Waals surface area contributed by atoms with Crippen LogP contribution < -0.4 is 0 Å². The van der Waals surface area contributed by atoms with Gasteiger partial charge in [0.1, 0.15) is 0 Å². The Hall–Kier alpha value is -0.0400. The first kappa shape index (κ1) is 7.37. The Labute approximate surface area is 74.2 Å². The van der Waals surface area contributed by atoms with Crippen LogP contribution in [0.5, 0.6) is 0 Å². The molecule has 0 aromatic carbocycles. The second-order valence-corrected chi connectivity index (χ2v) is 5.06. The molecule has 0 bridgehead atoms. The van der Waals surface area contributed by atoms with Gasteiger partial charge in [-0.15, -0.1) is 0 Å². The van der Waals surface area contributed by atoms with Crippen LogP contribution in [-0.4, -0.2) is 10.7 Å². The lowest BCUT2D eigenvalue weighted by Crippen LogP contribution is -2.45. The van der Waals surface area contributed by atoms with Crippen molar-refractivity contribution in [2.75, 3.05) is 0 Å². The summed E-state index contributed by atoms with van der Waals surface area (Å²) in [6.45, 7) is 0. The van der Waals surface area contributed by atoms with Gasteiger partial charge >= 0.3 is 0 Å². The fourth-order valence-electron chi connectivity index (χ4n) is 2.96. The summed E-state index contributed by atoms with van der Waals surface area (Å²) in [4.78, 5) is 0. The van der Waals surface area contributed by atoms with Crippen molar-refractivity contribution in [2.24, 2.45) is 17.8 Å². The maximum atomic E-state index is 10.6. The maximum Gasteiger partial charge on any atom is 0.0731 e. The van der Waals surface area contributed by atoms with Crippen molar-refractivity contribution in [2.45, 2.75) is 50.5 Å². The highest BCUT2D eigenvalue weighted by Gasteiger charge is 2.57. The lowest BCUT2D eigenvalue weighted by molar-refractivity contribution is -0.0866. The lowest BCUT2D eigenvalue weighted by atomic mass is 9.68. The van der Waals surface area contributed by atoms with Gasteiger partial charge in [0.25, 0.3) is 0 Å². The summed E-state index contributed by atoms with van der Waals surface area (Å²) in [5, 5.41) is 10.6. The smallest absolute Gasteiger partial charge is 0.0731 e. The molecule has 3 rings (SSSR count). The highest BCUT2D eigenvalue weighted by molar-refractivity contribution is 5.08. The molecule has 3 saturated carbocycles. The Balaban J connectivity index is 1.79. The van der Waals surface area contributed by atoms with Crippen molar-refractivity contribution in [3.63, 3.8) is 0 Å². The zero-order valence-electron chi connectivity index (χ0n) is 7.63. The molecule has 0 spiro atoms. The van der Waals surface area contributed by atoms with Crippen LogP contribution in [0.1, 0.15) is 44.9 Å². The van der Waals surface area contributed by atoms with Crippen LogP contribution in [0.4, 0.5) is 0 Å². The molecule has 0 amide bonds. The molecule has 1 N–H and O–H groups in total. The average Bonchev–Trinajstić information content (AvgIpc) is 2.80. The highest BCUT2D eigenvalue weighted by Crippen LogP contribution is 2.59. The Morgan fingerprint density at radius 3 is 1.42 bits per heavy atom. The van der Waals surface area contributed by atoms with Gasteiger partial charge in [0.05, 0.1) is 5.60 Å². The molecule has 3 fully saturated rings. The van der Waals surface area contributed by atoms with E-state index < -0.39 is 0 Å². The maximum absolute atomic E-state index is 10.6. The van der Waals surface area contributed by atoms with Gasteiger partial charge in [-0.2, -0.15) is 0 Å². The predicted octanol–water partition coefficient (Wildman–Crippen LogP) is 2.34. The molecular weight excluding hydrogens is 148 g/mol. The first-order chi connectivity index (χ1) is 5.82. The average molecular weight is 166 g/mol. The minimum atomic E-state index is -0.182. The third-order valence-corrected chi connectivity index (χ3v) is 4.22. The van der Waals surface area contributed by atoms with E-state index in [4.69, 9.17) is 0 Å². The summed E-state index contributed by atoms with van der Waals surface area (Å²) in [6.07, 6.45) is 9.22. The van der Waals surface area contributed by atoms with Gasteiger partial charge in [0.2, 0.25) is 0 Å². The Morgan fingerprint density at radius 2 is 1.17 bits per heavy atom. The first-order valence-electron chi connectivity index (χ1n) is 5.54. The van der Waals surface area contributed by atoms with E-state index in [0.29, 0.717) is 17.8 Å². The summed E-state index contributed by atoms with van der Waals surface area (Å²) in [7, 11) is 0.